The number of rotatable bonds is 4. The first-order chi connectivity index (χ1) is 14.1. The standard InChI is InChI=1S/C21H26F3N3O3/c1-14(2)12-27-13-16(11-18(27)28)20(30)26-8-6-25(7-9-26)19(29)15-4-3-5-17(10-15)21(22,23)24/h3-5,10,14,16H,6-9,11-13H2,1-2H3/t16-/m1/s1. The van der Waals surface area contributed by atoms with Crippen LogP contribution in [0.15, 0.2) is 24.3 Å². The van der Waals surface area contributed by atoms with E-state index in [0.29, 0.717) is 32.1 Å². The minimum atomic E-state index is -4.51. The fourth-order valence-corrected chi connectivity index (χ4v) is 3.95. The molecule has 0 radical (unpaired) electrons. The molecule has 3 amide bonds. The molecule has 6 nitrogen and oxygen atoms in total. The summed E-state index contributed by atoms with van der Waals surface area (Å²) in [5.41, 5.74) is -0.880. The number of likely N-dealkylation sites (tertiary alicyclic amines) is 1. The van der Waals surface area contributed by atoms with Gasteiger partial charge in [0.1, 0.15) is 0 Å². The zero-order valence-corrected chi connectivity index (χ0v) is 17.1. The van der Waals surface area contributed by atoms with Crippen LogP contribution in [0.2, 0.25) is 0 Å². The monoisotopic (exact) mass is 425 g/mol. The average Bonchev–Trinajstić information content (AvgIpc) is 3.06. The summed E-state index contributed by atoms with van der Waals surface area (Å²) in [6.07, 6.45) is -4.31. The molecule has 1 aromatic rings. The van der Waals surface area contributed by atoms with Crippen molar-refractivity contribution in [3.05, 3.63) is 35.4 Å². The van der Waals surface area contributed by atoms with Gasteiger partial charge in [0.05, 0.1) is 11.5 Å². The summed E-state index contributed by atoms with van der Waals surface area (Å²) in [6.45, 7) is 6.18. The van der Waals surface area contributed by atoms with E-state index in [1.807, 2.05) is 13.8 Å². The van der Waals surface area contributed by atoms with Gasteiger partial charge < -0.3 is 14.7 Å². The molecule has 164 valence electrons. The van der Waals surface area contributed by atoms with Gasteiger partial charge in [-0.15, -0.1) is 0 Å². The highest BCUT2D eigenvalue weighted by atomic mass is 19.4. The number of halogens is 3. The van der Waals surface area contributed by atoms with Gasteiger partial charge in [-0.25, -0.2) is 0 Å². The van der Waals surface area contributed by atoms with Crippen LogP contribution in [0.4, 0.5) is 13.2 Å². The minimum absolute atomic E-state index is 0.0135. The highest BCUT2D eigenvalue weighted by Gasteiger charge is 2.38. The summed E-state index contributed by atoms with van der Waals surface area (Å²) in [6, 6.07) is 4.37. The van der Waals surface area contributed by atoms with E-state index in [-0.39, 0.29) is 42.8 Å². The lowest BCUT2D eigenvalue weighted by Gasteiger charge is -2.36. The molecular weight excluding hydrogens is 399 g/mol. The van der Waals surface area contributed by atoms with Gasteiger partial charge in [-0.3, -0.25) is 14.4 Å². The van der Waals surface area contributed by atoms with Crippen LogP contribution < -0.4 is 0 Å². The van der Waals surface area contributed by atoms with Crippen molar-refractivity contribution in [3.63, 3.8) is 0 Å². The molecule has 1 aromatic carbocycles. The van der Waals surface area contributed by atoms with Crippen LogP contribution in [0.5, 0.6) is 0 Å². The van der Waals surface area contributed by atoms with Crippen molar-refractivity contribution in [3.8, 4) is 0 Å². The molecule has 3 rings (SSSR count). The number of carbonyl (C=O) groups excluding carboxylic acids is 3. The Morgan fingerprint density at radius 1 is 1.10 bits per heavy atom. The lowest BCUT2D eigenvalue weighted by molar-refractivity contribution is -0.138. The quantitative estimate of drug-likeness (QED) is 0.745. The van der Waals surface area contributed by atoms with Crippen molar-refractivity contribution in [2.75, 3.05) is 39.3 Å². The number of hydrogen-bond donors (Lipinski definition) is 0. The maximum Gasteiger partial charge on any atom is 0.416 e. The van der Waals surface area contributed by atoms with Crippen molar-refractivity contribution in [1.82, 2.24) is 14.7 Å². The Labute approximate surface area is 173 Å². The summed E-state index contributed by atoms with van der Waals surface area (Å²) in [5.74, 6) is -0.635. The van der Waals surface area contributed by atoms with E-state index in [2.05, 4.69) is 0 Å². The maximum absolute atomic E-state index is 12.9. The molecule has 0 aromatic heterocycles. The smallest absolute Gasteiger partial charge is 0.342 e. The molecular formula is C21H26F3N3O3. The fraction of sp³-hybridized carbons (Fsp3) is 0.571. The fourth-order valence-electron chi connectivity index (χ4n) is 3.95. The molecule has 0 N–H and O–H groups in total. The van der Waals surface area contributed by atoms with Gasteiger partial charge in [0.2, 0.25) is 11.8 Å². The molecule has 9 heteroatoms. The summed E-state index contributed by atoms with van der Waals surface area (Å²) >= 11 is 0. The van der Waals surface area contributed by atoms with Crippen LogP contribution in [-0.4, -0.2) is 71.7 Å². The topological polar surface area (TPSA) is 60.9 Å². The maximum atomic E-state index is 12.9. The van der Waals surface area contributed by atoms with Crippen LogP contribution in [0.1, 0.15) is 36.2 Å². The number of hydrogen-bond acceptors (Lipinski definition) is 3. The van der Waals surface area contributed by atoms with Gasteiger partial charge in [0.25, 0.3) is 5.91 Å². The Kier molecular flexibility index (Phi) is 6.38. The molecule has 0 aliphatic carbocycles. The molecule has 30 heavy (non-hydrogen) atoms. The van der Waals surface area contributed by atoms with Gasteiger partial charge in [-0.05, 0) is 24.1 Å². The van der Waals surface area contributed by atoms with Crippen molar-refractivity contribution in [2.24, 2.45) is 11.8 Å². The highest BCUT2D eigenvalue weighted by Crippen LogP contribution is 2.30. The van der Waals surface area contributed by atoms with Crippen LogP contribution in [0, 0.1) is 11.8 Å². The van der Waals surface area contributed by atoms with Gasteiger partial charge >= 0.3 is 6.18 Å². The van der Waals surface area contributed by atoms with E-state index in [1.54, 1.807) is 9.80 Å². The predicted molar refractivity (Wildman–Crippen MR) is 103 cm³/mol. The van der Waals surface area contributed by atoms with Gasteiger partial charge in [-0.1, -0.05) is 19.9 Å². The van der Waals surface area contributed by atoms with Gasteiger partial charge in [0.15, 0.2) is 0 Å². The normalized spacial score (nSPS) is 20.3. The third kappa shape index (κ3) is 4.94. The molecule has 2 aliphatic heterocycles. The predicted octanol–water partition coefficient (Wildman–Crippen LogP) is 2.49. The van der Waals surface area contributed by atoms with Gasteiger partial charge in [-0.2, -0.15) is 13.2 Å². The summed E-state index contributed by atoms with van der Waals surface area (Å²) in [5, 5.41) is 0. The second kappa shape index (κ2) is 8.65. The van der Waals surface area contributed by atoms with Crippen molar-refractivity contribution in [2.45, 2.75) is 26.4 Å². The molecule has 0 bridgehead atoms. The lowest BCUT2D eigenvalue weighted by atomic mass is 10.1. The first-order valence-corrected chi connectivity index (χ1v) is 10.1. The summed E-state index contributed by atoms with van der Waals surface area (Å²) < 4.78 is 38.7. The number of amides is 3. The van der Waals surface area contributed by atoms with Crippen molar-refractivity contribution in [1.29, 1.82) is 0 Å². The first-order valence-electron chi connectivity index (χ1n) is 10.1. The van der Waals surface area contributed by atoms with Crippen LogP contribution in [0.3, 0.4) is 0 Å². The number of nitrogens with zero attached hydrogens (tertiary/aromatic N) is 3. The second-order valence-electron chi connectivity index (χ2n) is 8.29. The Hall–Kier alpha value is -2.58. The van der Waals surface area contributed by atoms with E-state index in [0.717, 1.165) is 12.1 Å². The first kappa shape index (κ1) is 22.1. The number of alkyl halides is 3. The molecule has 0 saturated carbocycles. The number of benzene rings is 1. The van der Waals surface area contributed by atoms with E-state index in [4.69, 9.17) is 0 Å². The van der Waals surface area contributed by atoms with Crippen LogP contribution in [0.25, 0.3) is 0 Å². The third-order valence-electron chi connectivity index (χ3n) is 5.46. The molecule has 2 aliphatic rings. The molecule has 1 atom stereocenters. The third-order valence-corrected chi connectivity index (χ3v) is 5.46. The van der Waals surface area contributed by atoms with Crippen LogP contribution in [-0.2, 0) is 15.8 Å². The Bertz CT molecular complexity index is 817. The van der Waals surface area contributed by atoms with Crippen molar-refractivity contribution < 1.29 is 27.6 Å². The average molecular weight is 425 g/mol. The molecule has 2 heterocycles. The second-order valence-corrected chi connectivity index (χ2v) is 8.29. The number of carbonyl (C=O) groups is 3. The van der Waals surface area contributed by atoms with E-state index in [9.17, 15) is 27.6 Å². The Morgan fingerprint density at radius 2 is 1.73 bits per heavy atom. The SMILES string of the molecule is CC(C)CN1C[C@H](C(=O)N2CCN(C(=O)c3cccc(C(F)(F)F)c3)CC2)CC1=O. The lowest BCUT2D eigenvalue weighted by Crippen LogP contribution is -2.52. The molecule has 0 spiro atoms. The zero-order chi connectivity index (χ0) is 22.1. The largest absolute Gasteiger partial charge is 0.416 e. The van der Waals surface area contributed by atoms with Crippen molar-refractivity contribution >= 4 is 17.7 Å². The zero-order valence-electron chi connectivity index (χ0n) is 17.1. The van der Waals surface area contributed by atoms with E-state index in [1.165, 1.54) is 17.0 Å². The Morgan fingerprint density at radius 3 is 2.33 bits per heavy atom. The Balaban J connectivity index is 1.57. The molecule has 2 saturated heterocycles. The molecule has 2 fully saturated rings. The summed E-state index contributed by atoms with van der Waals surface area (Å²) in [4.78, 5) is 42.4. The minimum Gasteiger partial charge on any atom is -0.342 e. The van der Waals surface area contributed by atoms with Crippen LogP contribution >= 0.6 is 0 Å². The number of piperazine rings is 1. The highest BCUT2D eigenvalue weighted by molar-refractivity contribution is 5.95. The van der Waals surface area contributed by atoms with E-state index >= 15 is 0 Å². The molecule has 0 unspecified atom stereocenters. The van der Waals surface area contributed by atoms with E-state index < -0.39 is 17.6 Å². The van der Waals surface area contributed by atoms with Gasteiger partial charge in [0, 0.05) is 51.3 Å². The summed E-state index contributed by atoms with van der Waals surface area (Å²) in [7, 11) is 0.